The summed E-state index contributed by atoms with van der Waals surface area (Å²) in [6.45, 7) is 0. The molecule has 0 unspecified atom stereocenters. The lowest BCUT2D eigenvalue weighted by Crippen LogP contribution is -2.37. The van der Waals surface area contributed by atoms with E-state index in [9.17, 15) is 19.2 Å². The number of nitriles is 1. The van der Waals surface area contributed by atoms with Crippen molar-refractivity contribution in [1.29, 1.82) is 5.26 Å². The van der Waals surface area contributed by atoms with Crippen LogP contribution >= 0.6 is 0 Å². The van der Waals surface area contributed by atoms with Gasteiger partial charge in [0, 0.05) is 25.9 Å². The molecule has 23 heavy (non-hydrogen) atoms. The standard InChI is InChI=1S/C16H11FN4O2/c1-20-14-13(15(22)21(2)16(20)23)12(10(7-18)8-19-14)9-3-5-11(17)6-4-9/h3-6,8H,1-2H3. The third kappa shape index (κ3) is 2.12. The van der Waals surface area contributed by atoms with Gasteiger partial charge in [-0.05, 0) is 17.7 Å². The minimum atomic E-state index is -0.549. The van der Waals surface area contributed by atoms with Crippen molar-refractivity contribution in [2.24, 2.45) is 14.1 Å². The quantitative estimate of drug-likeness (QED) is 0.678. The second-order valence-electron chi connectivity index (χ2n) is 5.07. The predicted octanol–water partition coefficient (Wildman–Crippen LogP) is 1.31. The van der Waals surface area contributed by atoms with Crippen LogP contribution in [0.2, 0.25) is 0 Å². The molecule has 0 radical (unpaired) electrons. The summed E-state index contributed by atoms with van der Waals surface area (Å²) in [7, 11) is 2.86. The van der Waals surface area contributed by atoms with Crippen molar-refractivity contribution < 1.29 is 4.39 Å². The molecule has 2 heterocycles. The summed E-state index contributed by atoms with van der Waals surface area (Å²) >= 11 is 0. The van der Waals surface area contributed by atoms with Gasteiger partial charge in [-0.15, -0.1) is 0 Å². The fourth-order valence-electron chi connectivity index (χ4n) is 2.53. The maximum absolute atomic E-state index is 13.2. The van der Waals surface area contributed by atoms with Crippen molar-refractivity contribution in [2.45, 2.75) is 0 Å². The third-order valence-electron chi connectivity index (χ3n) is 3.72. The van der Waals surface area contributed by atoms with E-state index in [1.165, 1.54) is 49.1 Å². The summed E-state index contributed by atoms with van der Waals surface area (Å²) in [4.78, 5) is 28.6. The van der Waals surface area contributed by atoms with Gasteiger partial charge < -0.3 is 0 Å². The first-order valence-corrected chi connectivity index (χ1v) is 6.70. The van der Waals surface area contributed by atoms with Gasteiger partial charge in [-0.2, -0.15) is 5.26 Å². The summed E-state index contributed by atoms with van der Waals surface area (Å²) in [5, 5.41) is 9.49. The number of pyridine rings is 1. The molecule has 0 saturated heterocycles. The Balaban J connectivity index is 2.59. The maximum atomic E-state index is 13.2. The maximum Gasteiger partial charge on any atom is 0.332 e. The highest BCUT2D eigenvalue weighted by Gasteiger charge is 2.18. The molecule has 0 aliphatic rings. The van der Waals surface area contributed by atoms with Gasteiger partial charge in [0.2, 0.25) is 0 Å². The zero-order valence-corrected chi connectivity index (χ0v) is 12.4. The summed E-state index contributed by atoms with van der Waals surface area (Å²) in [5.41, 5.74) is 0.146. The molecule has 114 valence electrons. The molecule has 0 fully saturated rings. The summed E-state index contributed by atoms with van der Waals surface area (Å²) in [5.74, 6) is -0.425. The second kappa shape index (κ2) is 5.18. The van der Waals surface area contributed by atoms with Crippen molar-refractivity contribution in [2.75, 3.05) is 0 Å². The van der Waals surface area contributed by atoms with Gasteiger partial charge in [0.1, 0.15) is 17.5 Å². The zero-order valence-electron chi connectivity index (χ0n) is 12.4. The minimum Gasteiger partial charge on any atom is -0.280 e. The van der Waals surface area contributed by atoms with Gasteiger partial charge in [0.15, 0.2) is 0 Å². The minimum absolute atomic E-state index is 0.153. The van der Waals surface area contributed by atoms with Crippen LogP contribution in [0.15, 0.2) is 40.1 Å². The Kier molecular flexibility index (Phi) is 3.30. The molecule has 3 rings (SSSR count). The highest BCUT2D eigenvalue weighted by molar-refractivity contribution is 5.95. The van der Waals surface area contributed by atoms with E-state index in [-0.39, 0.29) is 16.6 Å². The second-order valence-corrected chi connectivity index (χ2v) is 5.07. The number of hydrogen-bond acceptors (Lipinski definition) is 4. The highest BCUT2D eigenvalue weighted by Crippen LogP contribution is 2.28. The molecule has 0 spiro atoms. The number of halogens is 1. The summed E-state index contributed by atoms with van der Waals surface area (Å²) in [6.07, 6.45) is 1.31. The molecule has 2 aromatic heterocycles. The van der Waals surface area contributed by atoms with Crippen LogP contribution in [0.4, 0.5) is 4.39 Å². The fourth-order valence-corrected chi connectivity index (χ4v) is 2.53. The first kappa shape index (κ1) is 14.7. The molecule has 0 saturated carbocycles. The van der Waals surface area contributed by atoms with Crippen LogP contribution in [0.25, 0.3) is 22.2 Å². The van der Waals surface area contributed by atoms with E-state index >= 15 is 0 Å². The number of fused-ring (bicyclic) bond motifs is 1. The van der Waals surface area contributed by atoms with E-state index in [2.05, 4.69) is 4.98 Å². The molecule has 0 aliphatic heterocycles. The van der Waals surface area contributed by atoms with Crippen LogP contribution in [0.1, 0.15) is 5.56 Å². The van der Waals surface area contributed by atoms with Crippen LogP contribution in [0.5, 0.6) is 0 Å². The highest BCUT2D eigenvalue weighted by atomic mass is 19.1. The Morgan fingerprint density at radius 3 is 2.39 bits per heavy atom. The van der Waals surface area contributed by atoms with E-state index in [4.69, 9.17) is 0 Å². The molecule has 0 aliphatic carbocycles. The van der Waals surface area contributed by atoms with Crippen molar-refractivity contribution in [3.8, 4) is 17.2 Å². The first-order chi connectivity index (χ1) is 11.0. The molecule has 6 nitrogen and oxygen atoms in total. The number of aryl methyl sites for hydroxylation is 1. The Bertz CT molecular complexity index is 1090. The monoisotopic (exact) mass is 310 g/mol. The SMILES string of the molecule is Cn1c(=O)c2c(-c3ccc(F)cc3)c(C#N)cnc2n(C)c1=O. The molecule has 7 heteroatoms. The van der Waals surface area contributed by atoms with Gasteiger partial charge in [0.25, 0.3) is 5.56 Å². The van der Waals surface area contributed by atoms with Crippen LogP contribution in [0.3, 0.4) is 0 Å². The lowest BCUT2D eigenvalue weighted by molar-refractivity contribution is 0.628. The number of nitrogens with zero attached hydrogens (tertiary/aromatic N) is 4. The Hall–Kier alpha value is -3.27. The summed E-state index contributed by atoms with van der Waals surface area (Å²) < 4.78 is 15.4. The Morgan fingerprint density at radius 1 is 1.13 bits per heavy atom. The molecular formula is C16H11FN4O2. The molecule has 0 bridgehead atoms. The topological polar surface area (TPSA) is 80.7 Å². The van der Waals surface area contributed by atoms with E-state index in [0.717, 1.165) is 4.57 Å². The van der Waals surface area contributed by atoms with Crippen molar-refractivity contribution in [3.05, 3.63) is 62.7 Å². The fraction of sp³-hybridized carbons (Fsp3) is 0.125. The van der Waals surface area contributed by atoms with E-state index in [0.29, 0.717) is 11.1 Å². The van der Waals surface area contributed by atoms with Crippen LogP contribution in [-0.2, 0) is 14.1 Å². The van der Waals surface area contributed by atoms with E-state index < -0.39 is 17.1 Å². The zero-order chi connectivity index (χ0) is 16.7. The lowest BCUT2D eigenvalue weighted by Gasteiger charge is -2.12. The Labute approximate surface area is 129 Å². The van der Waals surface area contributed by atoms with Crippen LogP contribution in [-0.4, -0.2) is 14.1 Å². The van der Waals surface area contributed by atoms with Crippen molar-refractivity contribution >= 4 is 11.0 Å². The summed E-state index contributed by atoms with van der Waals surface area (Å²) in [6, 6.07) is 7.44. The van der Waals surface area contributed by atoms with E-state index in [1.807, 2.05) is 6.07 Å². The number of benzene rings is 1. The molecule has 0 N–H and O–H groups in total. The van der Waals surface area contributed by atoms with Crippen LogP contribution < -0.4 is 11.2 Å². The molecule has 0 atom stereocenters. The molecule has 1 aromatic carbocycles. The number of rotatable bonds is 1. The lowest BCUT2D eigenvalue weighted by atomic mass is 9.99. The molecule has 0 amide bonds. The smallest absolute Gasteiger partial charge is 0.280 e. The third-order valence-corrected chi connectivity index (χ3v) is 3.72. The number of aromatic nitrogens is 3. The van der Waals surface area contributed by atoms with E-state index in [1.54, 1.807) is 0 Å². The number of hydrogen-bond donors (Lipinski definition) is 0. The average molecular weight is 310 g/mol. The van der Waals surface area contributed by atoms with Gasteiger partial charge >= 0.3 is 5.69 Å². The van der Waals surface area contributed by atoms with Crippen LogP contribution in [0, 0.1) is 17.1 Å². The first-order valence-electron chi connectivity index (χ1n) is 6.70. The van der Waals surface area contributed by atoms with Gasteiger partial charge in [-0.3, -0.25) is 13.9 Å². The molecular weight excluding hydrogens is 299 g/mol. The van der Waals surface area contributed by atoms with Gasteiger partial charge in [-0.25, -0.2) is 14.2 Å². The normalized spacial score (nSPS) is 10.7. The Morgan fingerprint density at radius 2 is 1.78 bits per heavy atom. The van der Waals surface area contributed by atoms with Crippen molar-refractivity contribution in [3.63, 3.8) is 0 Å². The molecule has 3 aromatic rings. The van der Waals surface area contributed by atoms with Gasteiger partial charge in [0.05, 0.1) is 10.9 Å². The predicted molar refractivity (Wildman–Crippen MR) is 82.3 cm³/mol. The van der Waals surface area contributed by atoms with Gasteiger partial charge in [-0.1, -0.05) is 12.1 Å². The van der Waals surface area contributed by atoms with Crippen molar-refractivity contribution in [1.82, 2.24) is 14.1 Å². The average Bonchev–Trinajstić information content (AvgIpc) is 2.57. The largest absolute Gasteiger partial charge is 0.332 e.